The summed E-state index contributed by atoms with van der Waals surface area (Å²) in [5.41, 5.74) is 3.49. The molecule has 0 radical (unpaired) electrons. The van der Waals surface area contributed by atoms with Crippen LogP contribution in [0.15, 0.2) is 128 Å². The fraction of sp³-hybridized carbons (Fsp3) is 0.0909. The van der Waals surface area contributed by atoms with Crippen molar-refractivity contribution in [2.24, 2.45) is 14.1 Å². The average molecular weight is 879 g/mol. The molecule has 2 N–H and O–H groups in total. The van der Waals surface area contributed by atoms with Gasteiger partial charge in [0.05, 0.1) is 11.4 Å². The standard InChI is InChI=1S/C23H18F2N4O3.C21H13ClF2N4O3/c1-3-13-11-18(27-19(12-13)22-28-29(2)23(31)32-22)14-7-9-15(10-8-14)26-21(30)20-16(24)5-4-6-17(20)25;1-28-21(30)31-20(27-28)17-10-12(22)9-16(26-17)11-5-7-13(8-6-11)25-19(29)18-14(23)3-2-4-15(18)24/h4-12H,3H2,1-2H3,(H,26,30);2-10H,1H3,(H,25,29). The zero-order chi connectivity index (χ0) is 44.9. The Morgan fingerprint density at radius 1 is 0.587 bits per heavy atom. The Morgan fingerprint density at radius 3 is 1.33 bits per heavy atom. The third-order valence-electron chi connectivity index (χ3n) is 9.16. The van der Waals surface area contributed by atoms with Crippen molar-refractivity contribution in [3.05, 3.63) is 175 Å². The molecule has 4 heterocycles. The van der Waals surface area contributed by atoms with Gasteiger partial charge >= 0.3 is 11.5 Å². The molecule has 0 bridgehead atoms. The quantitative estimate of drug-likeness (QED) is 0.134. The number of aromatic nitrogens is 6. The number of anilines is 2. The molecule has 4 aromatic carbocycles. The normalized spacial score (nSPS) is 10.9. The van der Waals surface area contributed by atoms with Gasteiger partial charge in [-0.1, -0.05) is 54.9 Å². The second-order valence-electron chi connectivity index (χ2n) is 13.5. The third kappa shape index (κ3) is 9.81. The first kappa shape index (κ1) is 43.1. The van der Waals surface area contributed by atoms with E-state index in [1.54, 1.807) is 60.7 Å². The lowest BCUT2D eigenvalue weighted by molar-refractivity contribution is 0.101. The van der Waals surface area contributed by atoms with Crippen LogP contribution in [0.25, 0.3) is 45.7 Å². The fourth-order valence-corrected chi connectivity index (χ4v) is 6.17. The predicted molar refractivity (Wildman–Crippen MR) is 224 cm³/mol. The van der Waals surface area contributed by atoms with E-state index >= 15 is 0 Å². The number of rotatable bonds is 9. The molecule has 0 saturated heterocycles. The molecule has 63 heavy (non-hydrogen) atoms. The maximum absolute atomic E-state index is 13.8. The van der Waals surface area contributed by atoms with E-state index in [4.69, 9.17) is 20.4 Å². The Balaban J connectivity index is 0.000000189. The van der Waals surface area contributed by atoms with Gasteiger partial charge in [-0.05, 0) is 84.8 Å². The predicted octanol–water partition coefficient (Wildman–Crippen LogP) is 8.48. The summed E-state index contributed by atoms with van der Waals surface area (Å²) in [6.07, 6.45) is 0.724. The number of carbonyl (C=O) groups is 2. The minimum Gasteiger partial charge on any atom is -0.386 e. The number of hydrogen-bond donors (Lipinski definition) is 2. The highest BCUT2D eigenvalue weighted by molar-refractivity contribution is 6.31. The highest BCUT2D eigenvalue weighted by Gasteiger charge is 2.20. The Bertz CT molecular complexity index is 3090. The van der Waals surface area contributed by atoms with Crippen molar-refractivity contribution < 1.29 is 36.0 Å². The van der Waals surface area contributed by atoms with Crippen LogP contribution in [0.2, 0.25) is 5.02 Å². The molecule has 0 spiro atoms. The molecule has 318 valence electrons. The van der Waals surface area contributed by atoms with E-state index in [2.05, 4.69) is 30.8 Å². The highest BCUT2D eigenvalue weighted by Crippen LogP contribution is 2.28. The third-order valence-corrected chi connectivity index (χ3v) is 9.37. The number of nitrogens with zero attached hydrogens (tertiary/aromatic N) is 6. The Labute approximate surface area is 358 Å². The van der Waals surface area contributed by atoms with E-state index in [0.717, 1.165) is 51.2 Å². The van der Waals surface area contributed by atoms with E-state index in [0.29, 0.717) is 39.0 Å². The SMILES string of the molecule is CCc1cc(-c2ccc(NC(=O)c3c(F)cccc3F)cc2)nc(-c2nn(C)c(=O)o2)c1.Cn1nc(-c2cc(Cl)cc(-c3ccc(NC(=O)c4c(F)cccc4F)cc3)n2)oc1=O. The number of carbonyl (C=O) groups excluding carboxylic acids is 2. The summed E-state index contributed by atoms with van der Waals surface area (Å²) >= 11 is 6.17. The van der Waals surface area contributed by atoms with Gasteiger partial charge in [0.25, 0.3) is 23.6 Å². The minimum absolute atomic E-state index is 0.0204. The zero-order valence-electron chi connectivity index (χ0n) is 33.1. The number of nitrogens with one attached hydrogen (secondary N) is 2. The number of pyridine rings is 2. The number of aryl methyl sites for hydroxylation is 3. The lowest BCUT2D eigenvalue weighted by Crippen LogP contribution is -2.15. The zero-order valence-corrected chi connectivity index (χ0v) is 33.9. The molecule has 8 rings (SSSR count). The molecule has 0 saturated carbocycles. The summed E-state index contributed by atoms with van der Waals surface area (Å²) in [6, 6.07) is 26.3. The van der Waals surface area contributed by atoms with Crippen molar-refractivity contribution >= 4 is 34.8 Å². The molecule has 8 aromatic rings. The van der Waals surface area contributed by atoms with E-state index in [9.17, 15) is 36.7 Å². The lowest BCUT2D eigenvalue weighted by Gasteiger charge is -2.09. The largest absolute Gasteiger partial charge is 0.437 e. The van der Waals surface area contributed by atoms with Gasteiger partial charge in [-0.15, -0.1) is 10.2 Å². The molecule has 0 unspecified atom stereocenters. The van der Waals surface area contributed by atoms with Gasteiger partial charge in [-0.25, -0.2) is 37.1 Å². The smallest absolute Gasteiger partial charge is 0.386 e. The molecule has 0 aliphatic carbocycles. The highest BCUT2D eigenvalue weighted by atomic mass is 35.5. The first-order valence-electron chi connectivity index (χ1n) is 18.7. The Kier molecular flexibility index (Phi) is 12.5. The van der Waals surface area contributed by atoms with Crippen LogP contribution in [-0.2, 0) is 20.5 Å². The van der Waals surface area contributed by atoms with Crippen LogP contribution in [0.5, 0.6) is 0 Å². The van der Waals surface area contributed by atoms with Crippen LogP contribution >= 0.6 is 11.6 Å². The molecule has 0 fully saturated rings. The van der Waals surface area contributed by atoms with Crippen molar-refractivity contribution in [3.63, 3.8) is 0 Å². The summed E-state index contributed by atoms with van der Waals surface area (Å²) < 4.78 is 67.5. The summed E-state index contributed by atoms with van der Waals surface area (Å²) in [7, 11) is 2.93. The van der Waals surface area contributed by atoms with Crippen molar-refractivity contribution in [1.29, 1.82) is 0 Å². The van der Waals surface area contributed by atoms with Gasteiger partial charge < -0.3 is 19.5 Å². The first-order chi connectivity index (χ1) is 30.2. The Morgan fingerprint density at radius 2 is 0.952 bits per heavy atom. The van der Waals surface area contributed by atoms with Crippen LogP contribution < -0.4 is 22.1 Å². The Hall–Kier alpha value is -7.99. The van der Waals surface area contributed by atoms with Gasteiger partial charge in [0.1, 0.15) is 45.8 Å². The molecule has 2 amide bonds. The van der Waals surface area contributed by atoms with Crippen molar-refractivity contribution in [2.75, 3.05) is 10.6 Å². The first-order valence-corrected chi connectivity index (χ1v) is 19.0. The van der Waals surface area contributed by atoms with Gasteiger partial charge in [0, 0.05) is 41.6 Å². The molecular weight excluding hydrogens is 848 g/mol. The van der Waals surface area contributed by atoms with Gasteiger partial charge in [-0.2, -0.15) is 9.36 Å². The van der Waals surface area contributed by atoms with Crippen LogP contribution in [0.1, 0.15) is 33.2 Å². The number of benzene rings is 4. The van der Waals surface area contributed by atoms with Crippen LogP contribution in [0.3, 0.4) is 0 Å². The van der Waals surface area contributed by atoms with Crippen molar-refractivity contribution in [2.45, 2.75) is 13.3 Å². The molecule has 4 aromatic heterocycles. The molecule has 14 nitrogen and oxygen atoms in total. The van der Waals surface area contributed by atoms with E-state index < -0.39 is 57.7 Å². The lowest BCUT2D eigenvalue weighted by atomic mass is 10.1. The molecule has 0 aliphatic heterocycles. The van der Waals surface area contributed by atoms with Crippen molar-refractivity contribution in [1.82, 2.24) is 29.5 Å². The fourth-order valence-electron chi connectivity index (χ4n) is 5.97. The van der Waals surface area contributed by atoms with Gasteiger partial charge in [0.2, 0.25) is 0 Å². The summed E-state index contributed by atoms with van der Waals surface area (Å²) in [6.45, 7) is 1.98. The van der Waals surface area contributed by atoms with Crippen molar-refractivity contribution in [3.8, 4) is 45.7 Å². The van der Waals surface area contributed by atoms with Gasteiger partial charge in [-0.3, -0.25) is 9.59 Å². The van der Waals surface area contributed by atoms with Gasteiger partial charge in [0.15, 0.2) is 0 Å². The maximum atomic E-state index is 13.8. The number of hydrogen-bond acceptors (Lipinski definition) is 10. The molecule has 0 atom stereocenters. The summed E-state index contributed by atoms with van der Waals surface area (Å²) in [4.78, 5) is 56.6. The number of halogens is 5. The summed E-state index contributed by atoms with van der Waals surface area (Å²) in [5, 5.41) is 13.3. The topological polar surface area (TPSA) is 180 Å². The second-order valence-corrected chi connectivity index (χ2v) is 13.9. The average Bonchev–Trinajstić information content (AvgIpc) is 3.79. The van der Waals surface area contributed by atoms with E-state index in [-0.39, 0.29) is 17.5 Å². The van der Waals surface area contributed by atoms with Crippen LogP contribution in [-0.4, -0.2) is 41.3 Å². The molecule has 19 heteroatoms. The minimum atomic E-state index is -0.953. The molecular formula is C44H31ClF4N8O6. The van der Waals surface area contributed by atoms with E-state index in [1.807, 2.05) is 13.0 Å². The number of amides is 2. The maximum Gasteiger partial charge on any atom is 0.437 e. The molecule has 0 aliphatic rings. The van der Waals surface area contributed by atoms with Crippen LogP contribution in [0.4, 0.5) is 28.9 Å². The second kappa shape index (κ2) is 18.3. The summed E-state index contributed by atoms with van der Waals surface area (Å²) in [5.74, 6) is -6.65. The van der Waals surface area contributed by atoms with Crippen LogP contribution in [0, 0.1) is 23.3 Å². The van der Waals surface area contributed by atoms with E-state index in [1.165, 1.54) is 32.3 Å². The monoisotopic (exact) mass is 878 g/mol.